The largest absolute Gasteiger partial charge is 0.465 e. The second-order valence-electron chi connectivity index (χ2n) is 5.10. The molecule has 0 unspecified atom stereocenters. The van der Waals surface area contributed by atoms with Crippen molar-refractivity contribution in [3.63, 3.8) is 0 Å². The Balaban J connectivity index is 2.16. The number of rotatable bonds is 8. The molecule has 0 aliphatic rings. The van der Waals surface area contributed by atoms with Crippen molar-refractivity contribution in [1.82, 2.24) is 4.31 Å². The van der Waals surface area contributed by atoms with Gasteiger partial charge in [-0.25, -0.2) is 8.42 Å². The van der Waals surface area contributed by atoms with Crippen molar-refractivity contribution >= 4 is 16.1 Å². The number of sulfonamides is 1. The average Bonchev–Trinajstić information content (AvgIpc) is 2.95. The minimum atomic E-state index is -3.57. The van der Waals surface area contributed by atoms with Gasteiger partial charge in [-0.15, -0.1) is 0 Å². The number of ether oxygens (including phenoxy) is 1. The molecule has 2 rings (SSSR count). The van der Waals surface area contributed by atoms with Crippen LogP contribution in [-0.2, 0) is 21.3 Å². The van der Waals surface area contributed by atoms with Crippen LogP contribution in [0.4, 0.5) is 0 Å². The zero-order valence-electron chi connectivity index (χ0n) is 13.3. The lowest BCUT2D eigenvalue weighted by atomic mass is 10.2. The van der Waals surface area contributed by atoms with Crippen LogP contribution in [0.25, 0.3) is 6.08 Å². The normalized spacial score (nSPS) is 12.3. The molecule has 0 spiro atoms. The number of nitrogens with zero attached hydrogens (tertiary/aromatic N) is 1. The Kier molecular flexibility index (Phi) is 6.15. The Morgan fingerprint density at radius 1 is 1.17 bits per heavy atom. The molecule has 5 nitrogen and oxygen atoms in total. The molecule has 0 amide bonds. The van der Waals surface area contributed by atoms with E-state index in [-0.39, 0.29) is 13.1 Å². The van der Waals surface area contributed by atoms with Crippen molar-refractivity contribution in [2.75, 3.05) is 20.3 Å². The van der Waals surface area contributed by atoms with Crippen LogP contribution in [0.15, 0.2) is 52.3 Å². The van der Waals surface area contributed by atoms with Crippen molar-refractivity contribution in [3.8, 4) is 0 Å². The first kappa shape index (κ1) is 17.5. The molecule has 6 heteroatoms. The van der Waals surface area contributed by atoms with Crippen LogP contribution in [0.3, 0.4) is 0 Å². The van der Waals surface area contributed by atoms with Gasteiger partial charge < -0.3 is 9.15 Å². The minimum absolute atomic E-state index is 0.179. The maximum atomic E-state index is 12.6. The highest BCUT2D eigenvalue weighted by atomic mass is 32.2. The summed E-state index contributed by atoms with van der Waals surface area (Å²) in [5, 5.41) is 1.22. The lowest BCUT2D eigenvalue weighted by molar-refractivity contribution is 0.175. The monoisotopic (exact) mass is 335 g/mol. The summed E-state index contributed by atoms with van der Waals surface area (Å²) in [6.07, 6.45) is 1.59. The van der Waals surface area contributed by atoms with Crippen LogP contribution in [0.5, 0.6) is 0 Å². The van der Waals surface area contributed by atoms with Gasteiger partial charge in [0.15, 0.2) is 0 Å². The number of methoxy groups -OCH3 is 1. The van der Waals surface area contributed by atoms with Gasteiger partial charge in [-0.2, -0.15) is 4.31 Å². The van der Waals surface area contributed by atoms with Crippen molar-refractivity contribution < 1.29 is 17.6 Å². The van der Waals surface area contributed by atoms with Gasteiger partial charge in [-0.05, 0) is 30.7 Å². The van der Waals surface area contributed by atoms with E-state index in [1.165, 1.54) is 9.71 Å². The van der Waals surface area contributed by atoms with E-state index in [1.807, 2.05) is 43.3 Å². The van der Waals surface area contributed by atoms with E-state index in [1.54, 1.807) is 19.3 Å². The lowest BCUT2D eigenvalue weighted by Crippen LogP contribution is -2.31. The Hall–Kier alpha value is -1.89. The van der Waals surface area contributed by atoms with Crippen LogP contribution in [0.1, 0.15) is 17.1 Å². The van der Waals surface area contributed by atoms with Crippen molar-refractivity contribution in [3.05, 3.63) is 65.0 Å². The predicted molar refractivity (Wildman–Crippen MR) is 90.1 cm³/mol. The van der Waals surface area contributed by atoms with Gasteiger partial charge in [0.05, 0.1) is 13.2 Å². The van der Waals surface area contributed by atoms with Crippen LogP contribution in [-0.4, -0.2) is 33.0 Å². The van der Waals surface area contributed by atoms with E-state index in [0.29, 0.717) is 12.4 Å². The van der Waals surface area contributed by atoms with E-state index in [2.05, 4.69) is 0 Å². The van der Waals surface area contributed by atoms with Crippen LogP contribution in [0.2, 0.25) is 0 Å². The number of benzene rings is 1. The molecule has 0 saturated carbocycles. The van der Waals surface area contributed by atoms with Crippen molar-refractivity contribution in [2.45, 2.75) is 13.5 Å². The highest BCUT2D eigenvalue weighted by Crippen LogP contribution is 2.14. The highest BCUT2D eigenvalue weighted by Gasteiger charge is 2.20. The topological polar surface area (TPSA) is 59.8 Å². The van der Waals surface area contributed by atoms with E-state index >= 15 is 0 Å². The summed E-state index contributed by atoms with van der Waals surface area (Å²) in [5.41, 5.74) is 0.830. The van der Waals surface area contributed by atoms with Gasteiger partial charge in [-0.1, -0.05) is 30.3 Å². The van der Waals surface area contributed by atoms with E-state index in [0.717, 1.165) is 11.3 Å². The lowest BCUT2D eigenvalue weighted by Gasteiger charge is -2.18. The zero-order valence-corrected chi connectivity index (χ0v) is 14.1. The summed E-state index contributed by atoms with van der Waals surface area (Å²) < 4.78 is 37.0. The third-order valence-electron chi connectivity index (χ3n) is 3.26. The molecule has 1 heterocycles. The fourth-order valence-corrected chi connectivity index (χ4v) is 3.19. The van der Waals surface area contributed by atoms with Gasteiger partial charge in [0.2, 0.25) is 10.0 Å². The summed E-state index contributed by atoms with van der Waals surface area (Å²) in [6.45, 7) is 2.58. The molecule has 0 saturated heterocycles. The average molecular weight is 335 g/mol. The molecule has 2 aromatic rings. The predicted octanol–water partition coefficient (Wildman–Crippen LogP) is 3.04. The molecule has 0 N–H and O–H groups in total. The smallest absolute Gasteiger partial charge is 0.236 e. The number of aryl methyl sites for hydroxylation is 1. The molecule has 1 aromatic heterocycles. The van der Waals surface area contributed by atoms with Gasteiger partial charge in [0, 0.05) is 19.1 Å². The van der Waals surface area contributed by atoms with Gasteiger partial charge in [-0.3, -0.25) is 0 Å². The van der Waals surface area contributed by atoms with Gasteiger partial charge in [0.25, 0.3) is 0 Å². The highest BCUT2D eigenvalue weighted by molar-refractivity contribution is 7.92. The molecular formula is C17H21NO4S. The quantitative estimate of drug-likeness (QED) is 0.744. The second kappa shape index (κ2) is 8.10. The minimum Gasteiger partial charge on any atom is -0.465 e. The third kappa shape index (κ3) is 5.35. The van der Waals surface area contributed by atoms with Crippen molar-refractivity contribution in [2.24, 2.45) is 0 Å². The van der Waals surface area contributed by atoms with Crippen molar-refractivity contribution in [1.29, 1.82) is 0 Å². The first-order valence-corrected chi connectivity index (χ1v) is 8.79. The first-order valence-electron chi connectivity index (χ1n) is 7.29. The van der Waals surface area contributed by atoms with Gasteiger partial charge >= 0.3 is 0 Å². The second-order valence-corrected chi connectivity index (χ2v) is 6.92. The van der Waals surface area contributed by atoms with Gasteiger partial charge in [0.1, 0.15) is 11.5 Å². The standard InChI is InChI=1S/C17H21NO4S/c1-15-8-9-17(22-15)14-18(11-12-21-2)23(19,20)13-10-16-6-4-3-5-7-16/h3-10,13H,11-12,14H2,1-2H3/b13-10+. The molecule has 23 heavy (non-hydrogen) atoms. The van der Waals surface area contributed by atoms with E-state index in [4.69, 9.17) is 9.15 Å². The Morgan fingerprint density at radius 2 is 1.91 bits per heavy atom. The molecule has 0 atom stereocenters. The zero-order chi connectivity index (χ0) is 16.7. The fourth-order valence-electron chi connectivity index (χ4n) is 2.05. The summed E-state index contributed by atoms with van der Waals surface area (Å²) in [6, 6.07) is 12.9. The maximum Gasteiger partial charge on any atom is 0.236 e. The van der Waals surface area contributed by atoms with E-state index in [9.17, 15) is 8.42 Å². The molecular weight excluding hydrogens is 314 g/mol. The first-order chi connectivity index (χ1) is 11.0. The van der Waals surface area contributed by atoms with Crippen LogP contribution >= 0.6 is 0 Å². The van der Waals surface area contributed by atoms with Crippen LogP contribution in [0, 0.1) is 6.92 Å². The Bertz CT molecular complexity index is 735. The summed E-state index contributed by atoms with van der Waals surface area (Å²) in [7, 11) is -2.03. The molecule has 0 bridgehead atoms. The third-order valence-corrected chi connectivity index (χ3v) is 4.78. The maximum absolute atomic E-state index is 12.6. The number of hydrogen-bond donors (Lipinski definition) is 0. The van der Waals surface area contributed by atoms with Crippen LogP contribution < -0.4 is 0 Å². The molecule has 124 valence electrons. The molecule has 0 radical (unpaired) electrons. The Labute approximate surface area is 137 Å². The molecule has 1 aromatic carbocycles. The summed E-state index contributed by atoms with van der Waals surface area (Å²) in [5.74, 6) is 1.36. The molecule has 0 aliphatic heterocycles. The molecule has 0 aliphatic carbocycles. The number of furan rings is 1. The Morgan fingerprint density at radius 3 is 2.52 bits per heavy atom. The fraction of sp³-hybridized carbons (Fsp3) is 0.294. The SMILES string of the molecule is COCCN(Cc1ccc(C)o1)S(=O)(=O)/C=C/c1ccccc1. The number of hydrogen-bond acceptors (Lipinski definition) is 4. The van der Waals surface area contributed by atoms with E-state index < -0.39 is 10.0 Å². The summed E-state index contributed by atoms with van der Waals surface area (Å²) >= 11 is 0. The summed E-state index contributed by atoms with van der Waals surface area (Å²) in [4.78, 5) is 0. The molecule has 0 fully saturated rings.